The molecular formula is C34H32O6. The van der Waals surface area contributed by atoms with Crippen LogP contribution in [0.15, 0.2) is 103 Å². The first-order chi connectivity index (χ1) is 19.4. The van der Waals surface area contributed by atoms with E-state index in [-0.39, 0.29) is 17.0 Å². The fourth-order valence-electron chi connectivity index (χ4n) is 4.39. The monoisotopic (exact) mass is 536 g/mol. The molecule has 1 atom stereocenters. The van der Waals surface area contributed by atoms with Crippen LogP contribution in [0.25, 0.3) is 6.08 Å². The molecule has 6 heteroatoms. The second kappa shape index (κ2) is 13.8. The fraction of sp³-hybridized carbons (Fsp3) is 0.176. The molecule has 0 radical (unpaired) electrons. The lowest BCUT2D eigenvalue weighted by molar-refractivity contribution is 0.0686. The van der Waals surface area contributed by atoms with Gasteiger partial charge in [0.2, 0.25) is 0 Å². The molecule has 0 aliphatic carbocycles. The van der Waals surface area contributed by atoms with E-state index in [1.807, 2.05) is 72.8 Å². The molecule has 4 aromatic rings. The van der Waals surface area contributed by atoms with Gasteiger partial charge in [-0.15, -0.1) is 0 Å². The molecule has 0 bridgehead atoms. The van der Waals surface area contributed by atoms with E-state index in [9.17, 15) is 19.8 Å². The summed E-state index contributed by atoms with van der Waals surface area (Å²) in [7, 11) is 1.64. The summed E-state index contributed by atoms with van der Waals surface area (Å²) in [5.74, 6) is -0.148. The number of carbonyl (C=O) groups is 2. The maximum Gasteiger partial charge on any atom is 0.335 e. The third kappa shape index (κ3) is 8.08. The van der Waals surface area contributed by atoms with Crippen LogP contribution < -0.4 is 9.47 Å². The Hall–Kier alpha value is -4.84. The topological polar surface area (TPSA) is 93.1 Å². The molecule has 0 spiro atoms. The number of benzene rings is 4. The molecule has 0 amide bonds. The number of hydrogen-bond acceptors (Lipinski definition) is 4. The Bertz CT molecular complexity index is 1440. The number of rotatable bonds is 13. The van der Waals surface area contributed by atoms with Crippen LogP contribution >= 0.6 is 0 Å². The van der Waals surface area contributed by atoms with Gasteiger partial charge in [-0.25, -0.2) is 9.59 Å². The van der Waals surface area contributed by atoms with Crippen LogP contribution in [0.1, 0.15) is 49.4 Å². The average Bonchev–Trinajstić information content (AvgIpc) is 2.98. The van der Waals surface area contributed by atoms with E-state index in [4.69, 9.17) is 9.47 Å². The molecule has 0 saturated heterocycles. The Balaban J connectivity index is 1.49. The first-order valence-electron chi connectivity index (χ1n) is 13.1. The van der Waals surface area contributed by atoms with Crippen LogP contribution in [0, 0.1) is 5.92 Å². The highest BCUT2D eigenvalue weighted by Crippen LogP contribution is 2.25. The van der Waals surface area contributed by atoms with Gasteiger partial charge in [-0.1, -0.05) is 66.7 Å². The highest BCUT2D eigenvalue weighted by molar-refractivity contribution is 5.88. The number of aromatic carboxylic acids is 2. The summed E-state index contributed by atoms with van der Waals surface area (Å²) in [6, 6.07) is 29.6. The third-order valence-corrected chi connectivity index (χ3v) is 6.72. The summed E-state index contributed by atoms with van der Waals surface area (Å²) in [4.78, 5) is 22.4. The van der Waals surface area contributed by atoms with Crippen molar-refractivity contribution in [3.05, 3.63) is 137 Å². The van der Waals surface area contributed by atoms with Crippen molar-refractivity contribution < 1.29 is 29.3 Å². The van der Waals surface area contributed by atoms with Crippen LogP contribution in [0.4, 0.5) is 0 Å². The van der Waals surface area contributed by atoms with E-state index >= 15 is 0 Å². The molecule has 0 aliphatic rings. The van der Waals surface area contributed by atoms with Gasteiger partial charge in [-0.2, -0.15) is 0 Å². The molecule has 2 N–H and O–H groups in total. The number of carboxylic acids is 2. The quantitative estimate of drug-likeness (QED) is 0.188. The second-order valence-corrected chi connectivity index (χ2v) is 9.54. The van der Waals surface area contributed by atoms with Gasteiger partial charge in [-0.3, -0.25) is 0 Å². The second-order valence-electron chi connectivity index (χ2n) is 9.54. The van der Waals surface area contributed by atoms with Crippen molar-refractivity contribution in [2.45, 2.75) is 25.9 Å². The maximum absolute atomic E-state index is 11.3. The first-order valence-corrected chi connectivity index (χ1v) is 13.1. The number of aryl methyl sites for hydroxylation is 1. The van der Waals surface area contributed by atoms with Crippen LogP contribution in [0.5, 0.6) is 11.5 Å². The fourth-order valence-corrected chi connectivity index (χ4v) is 4.39. The third-order valence-electron chi connectivity index (χ3n) is 6.72. The van der Waals surface area contributed by atoms with Crippen molar-refractivity contribution in [1.29, 1.82) is 0 Å². The number of allylic oxidation sites excluding steroid dienone is 1. The normalized spacial score (nSPS) is 11.7. The lowest BCUT2D eigenvalue weighted by atomic mass is 9.91. The molecule has 0 fully saturated rings. The zero-order chi connectivity index (χ0) is 28.3. The molecule has 4 rings (SSSR count). The Morgan fingerprint density at radius 2 is 1.32 bits per heavy atom. The van der Waals surface area contributed by atoms with Gasteiger partial charge in [0.05, 0.1) is 18.2 Å². The summed E-state index contributed by atoms with van der Waals surface area (Å²) in [5.41, 5.74) is 4.64. The van der Waals surface area contributed by atoms with Gasteiger partial charge in [0.15, 0.2) is 0 Å². The van der Waals surface area contributed by atoms with Crippen molar-refractivity contribution >= 4 is 18.0 Å². The predicted octanol–water partition coefficient (Wildman–Crippen LogP) is 7.18. The van der Waals surface area contributed by atoms with E-state index in [1.54, 1.807) is 31.4 Å². The van der Waals surface area contributed by atoms with Crippen LogP contribution in [-0.4, -0.2) is 29.3 Å². The molecular weight excluding hydrogens is 504 g/mol. The molecule has 6 nitrogen and oxygen atoms in total. The highest BCUT2D eigenvalue weighted by Gasteiger charge is 2.11. The number of methoxy groups -OCH3 is 1. The smallest absolute Gasteiger partial charge is 0.335 e. The van der Waals surface area contributed by atoms with Crippen molar-refractivity contribution in [1.82, 2.24) is 0 Å². The molecule has 204 valence electrons. The summed E-state index contributed by atoms with van der Waals surface area (Å²) in [5, 5.41) is 18.4. The van der Waals surface area contributed by atoms with E-state index in [0.717, 1.165) is 53.0 Å². The SMILES string of the molecule is COc1ccc(COc2ccccc2/C=C/C(CCc2ccc(C(=O)O)cc2)Cc2ccc(C(=O)O)cc2)cc1. The van der Waals surface area contributed by atoms with E-state index in [0.29, 0.717) is 6.61 Å². The lowest BCUT2D eigenvalue weighted by Crippen LogP contribution is -2.05. The molecule has 0 heterocycles. The Labute approximate surface area is 234 Å². The lowest BCUT2D eigenvalue weighted by Gasteiger charge is -2.15. The summed E-state index contributed by atoms with van der Waals surface area (Å²) in [6.45, 7) is 0.431. The minimum atomic E-state index is -0.945. The van der Waals surface area contributed by atoms with Crippen LogP contribution in [-0.2, 0) is 19.4 Å². The highest BCUT2D eigenvalue weighted by atomic mass is 16.5. The zero-order valence-corrected chi connectivity index (χ0v) is 22.3. The van der Waals surface area contributed by atoms with Gasteiger partial charge in [-0.05, 0) is 84.3 Å². The molecule has 1 unspecified atom stereocenters. The largest absolute Gasteiger partial charge is 0.497 e. The van der Waals surface area contributed by atoms with Gasteiger partial charge in [0.25, 0.3) is 0 Å². The number of ether oxygens (including phenoxy) is 2. The summed E-state index contributed by atoms with van der Waals surface area (Å²) >= 11 is 0. The zero-order valence-electron chi connectivity index (χ0n) is 22.3. The van der Waals surface area contributed by atoms with Gasteiger partial charge >= 0.3 is 11.9 Å². The summed E-state index contributed by atoms with van der Waals surface area (Å²) < 4.78 is 11.4. The standard InChI is InChI=1S/C34H32O6/c1-39-31-20-13-27(14-21-31)23-40-32-5-3-2-4-28(32)15-10-25(22-26-11-18-30(19-12-26)34(37)38)7-6-24-8-16-29(17-9-24)33(35)36/h2-5,8-21,25H,6-7,22-23H2,1H3,(H,35,36)(H,37,38)/b15-10+. The minimum Gasteiger partial charge on any atom is -0.497 e. The number of carboxylic acid groups (broad SMARTS) is 2. The average molecular weight is 537 g/mol. The van der Waals surface area contributed by atoms with E-state index < -0.39 is 11.9 Å². The summed E-state index contributed by atoms with van der Waals surface area (Å²) in [6.07, 6.45) is 6.59. The predicted molar refractivity (Wildman–Crippen MR) is 155 cm³/mol. The van der Waals surface area contributed by atoms with Crippen molar-refractivity contribution in [2.24, 2.45) is 5.92 Å². The molecule has 4 aromatic carbocycles. The van der Waals surface area contributed by atoms with Crippen molar-refractivity contribution in [3.8, 4) is 11.5 Å². The van der Waals surface area contributed by atoms with Crippen LogP contribution in [0.3, 0.4) is 0 Å². The van der Waals surface area contributed by atoms with Gasteiger partial charge in [0, 0.05) is 5.56 Å². The van der Waals surface area contributed by atoms with Gasteiger partial charge in [0.1, 0.15) is 18.1 Å². The minimum absolute atomic E-state index is 0.157. The first kappa shape index (κ1) is 28.2. The van der Waals surface area contributed by atoms with Crippen molar-refractivity contribution in [2.75, 3.05) is 7.11 Å². The maximum atomic E-state index is 11.3. The van der Waals surface area contributed by atoms with Gasteiger partial charge < -0.3 is 19.7 Å². The number of hydrogen-bond donors (Lipinski definition) is 2. The Morgan fingerprint density at radius 1 is 0.750 bits per heavy atom. The molecule has 0 aliphatic heterocycles. The van der Waals surface area contributed by atoms with E-state index in [1.165, 1.54) is 0 Å². The Kier molecular flexibility index (Phi) is 9.72. The Morgan fingerprint density at radius 3 is 1.93 bits per heavy atom. The molecule has 40 heavy (non-hydrogen) atoms. The van der Waals surface area contributed by atoms with Crippen molar-refractivity contribution in [3.63, 3.8) is 0 Å². The molecule has 0 saturated carbocycles. The molecule has 0 aromatic heterocycles. The van der Waals surface area contributed by atoms with Crippen LogP contribution in [0.2, 0.25) is 0 Å². The van der Waals surface area contributed by atoms with E-state index in [2.05, 4.69) is 12.2 Å². The number of para-hydroxylation sites is 1.